The number of halogens is 3. The summed E-state index contributed by atoms with van der Waals surface area (Å²) in [5.41, 5.74) is 1.45. The van der Waals surface area contributed by atoms with E-state index in [0.29, 0.717) is 27.8 Å². The van der Waals surface area contributed by atoms with Gasteiger partial charge in [-0.3, -0.25) is 9.78 Å². The molecule has 0 spiro atoms. The highest BCUT2D eigenvalue weighted by Gasteiger charge is 2.11. The van der Waals surface area contributed by atoms with Gasteiger partial charge >= 0.3 is 0 Å². The predicted octanol–water partition coefficient (Wildman–Crippen LogP) is 5.02. The van der Waals surface area contributed by atoms with Crippen LogP contribution < -0.4 is 15.4 Å². The standard InChI is InChI=1S/C19H14ClF2N3O2/c1-27-18-5-3-11(8-14(18)20)25-19(26)17-10-13(6-7-23-17)24-12-2-4-15(21)16(22)9-12/h2-10H,1H3,(H,23,24)(H,25,26). The molecule has 3 rings (SSSR count). The van der Waals surface area contributed by atoms with Crippen LogP contribution in [0.5, 0.6) is 5.75 Å². The smallest absolute Gasteiger partial charge is 0.274 e. The van der Waals surface area contributed by atoms with Gasteiger partial charge in [-0.25, -0.2) is 8.78 Å². The zero-order valence-corrected chi connectivity index (χ0v) is 14.8. The zero-order chi connectivity index (χ0) is 19.4. The van der Waals surface area contributed by atoms with Crippen molar-refractivity contribution in [2.75, 3.05) is 17.7 Å². The van der Waals surface area contributed by atoms with Crippen molar-refractivity contribution in [1.29, 1.82) is 0 Å². The number of rotatable bonds is 5. The van der Waals surface area contributed by atoms with Crippen LogP contribution >= 0.6 is 11.6 Å². The first-order valence-corrected chi connectivity index (χ1v) is 8.17. The van der Waals surface area contributed by atoms with Crippen molar-refractivity contribution in [2.24, 2.45) is 0 Å². The summed E-state index contributed by atoms with van der Waals surface area (Å²) in [6.45, 7) is 0. The first-order chi connectivity index (χ1) is 13.0. The lowest BCUT2D eigenvalue weighted by Gasteiger charge is -2.10. The molecule has 8 heteroatoms. The van der Waals surface area contributed by atoms with E-state index in [1.807, 2.05) is 0 Å². The number of anilines is 3. The van der Waals surface area contributed by atoms with Crippen LogP contribution in [0.1, 0.15) is 10.5 Å². The maximum absolute atomic E-state index is 13.3. The number of methoxy groups -OCH3 is 1. The molecular formula is C19H14ClF2N3O2. The summed E-state index contributed by atoms with van der Waals surface area (Å²) in [5, 5.41) is 5.93. The van der Waals surface area contributed by atoms with Gasteiger partial charge in [0.1, 0.15) is 11.4 Å². The average Bonchev–Trinajstić information content (AvgIpc) is 2.65. The van der Waals surface area contributed by atoms with Gasteiger partial charge in [-0.1, -0.05) is 11.6 Å². The fourth-order valence-corrected chi connectivity index (χ4v) is 2.57. The molecule has 0 unspecified atom stereocenters. The second-order valence-electron chi connectivity index (χ2n) is 5.49. The van der Waals surface area contributed by atoms with Crippen molar-refractivity contribution >= 4 is 34.6 Å². The maximum atomic E-state index is 13.3. The molecule has 1 heterocycles. The normalized spacial score (nSPS) is 10.4. The Bertz CT molecular complexity index is 998. The van der Waals surface area contributed by atoms with E-state index in [9.17, 15) is 13.6 Å². The SMILES string of the molecule is COc1ccc(NC(=O)c2cc(Nc3ccc(F)c(F)c3)ccn2)cc1Cl. The molecule has 0 aliphatic heterocycles. The molecule has 1 amide bonds. The summed E-state index contributed by atoms with van der Waals surface area (Å²) in [6, 6.07) is 11.3. The maximum Gasteiger partial charge on any atom is 0.274 e. The predicted molar refractivity (Wildman–Crippen MR) is 99.8 cm³/mol. The molecule has 0 fully saturated rings. The van der Waals surface area contributed by atoms with E-state index in [-0.39, 0.29) is 5.69 Å². The molecule has 3 aromatic rings. The minimum atomic E-state index is -0.969. The minimum absolute atomic E-state index is 0.134. The average molecular weight is 390 g/mol. The van der Waals surface area contributed by atoms with E-state index >= 15 is 0 Å². The topological polar surface area (TPSA) is 63.2 Å². The van der Waals surface area contributed by atoms with Gasteiger partial charge in [-0.05, 0) is 42.5 Å². The molecule has 0 atom stereocenters. The summed E-state index contributed by atoms with van der Waals surface area (Å²) < 4.78 is 31.4. The van der Waals surface area contributed by atoms with E-state index < -0.39 is 17.5 Å². The molecule has 2 aromatic carbocycles. The second kappa shape index (κ2) is 8.01. The molecular weight excluding hydrogens is 376 g/mol. The molecule has 2 N–H and O–H groups in total. The van der Waals surface area contributed by atoms with E-state index in [4.69, 9.17) is 16.3 Å². The van der Waals surface area contributed by atoms with Gasteiger partial charge in [0.2, 0.25) is 0 Å². The van der Waals surface area contributed by atoms with Gasteiger partial charge in [-0.2, -0.15) is 0 Å². The number of carbonyl (C=O) groups is 1. The van der Waals surface area contributed by atoms with Gasteiger partial charge in [0.25, 0.3) is 5.91 Å². The van der Waals surface area contributed by atoms with E-state index in [2.05, 4.69) is 15.6 Å². The number of amides is 1. The Hall–Kier alpha value is -3.19. The van der Waals surface area contributed by atoms with Crippen molar-refractivity contribution in [2.45, 2.75) is 0 Å². The molecule has 5 nitrogen and oxygen atoms in total. The lowest BCUT2D eigenvalue weighted by molar-refractivity contribution is 0.102. The van der Waals surface area contributed by atoms with Crippen molar-refractivity contribution in [3.63, 3.8) is 0 Å². The Kier molecular flexibility index (Phi) is 5.52. The summed E-state index contributed by atoms with van der Waals surface area (Å²) in [6.07, 6.45) is 1.43. The molecule has 0 bridgehead atoms. The van der Waals surface area contributed by atoms with Crippen LogP contribution in [-0.2, 0) is 0 Å². The Labute approximate surface area is 159 Å². The molecule has 0 aliphatic rings. The Morgan fingerprint density at radius 2 is 1.74 bits per heavy atom. The molecule has 138 valence electrons. The van der Waals surface area contributed by atoms with Gasteiger partial charge in [0, 0.05) is 29.3 Å². The van der Waals surface area contributed by atoms with Gasteiger partial charge < -0.3 is 15.4 Å². The first-order valence-electron chi connectivity index (χ1n) is 7.79. The Morgan fingerprint density at radius 3 is 2.44 bits per heavy atom. The summed E-state index contributed by atoms with van der Waals surface area (Å²) in [7, 11) is 1.49. The number of nitrogens with one attached hydrogen (secondary N) is 2. The largest absolute Gasteiger partial charge is 0.495 e. The number of carbonyl (C=O) groups excluding carboxylic acids is 1. The number of hydrogen-bond acceptors (Lipinski definition) is 4. The van der Waals surface area contributed by atoms with Crippen LogP contribution in [0.2, 0.25) is 5.02 Å². The minimum Gasteiger partial charge on any atom is -0.495 e. The summed E-state index contributed by atoms with van der Waals surface area (Å²) in [4.78, 5) is 16.4. The third kappa shape index (κ3) is 4.51. The highest BCUT2D eigenvalue weighted by atomic mass is 35.5. The highest BCUT2D eigenvalue weighted by molar-refractivity contribution is 6.32. The lowest BCUT2D eigenvalue weighted by Crippen LogP contribution is -2.13. The fourth-order valence-electron chi connectivity index (χ4n) is 2.31. The highest BCUT2D eigenvalue weighted by Crippen LogP contribution is 2.27. The molecule has 0 radical (unpaired) electrons. The monoisotopic (exact) mass is 389 g/mol. The fraction of sp³-hybridized carbons (Fsp3) is 0.0526. The first kappa shape index (κ1) is 18.6. The quantitative estimate of drug-likeness (QED) is 0.643. The van der Waals surface area contributed by atoms with Crippen LogP contribution in [0, 0.1) is 11.6 Å². The number of ether oxygens (including phenoxy) is 1. The molecule has 27 heavy (non-hydrogen) atoms. The van der Waals surface area contributed by atoms with E-state index in [1.165, 1.54) is 25.4 Å². The third-order valence-electron chi connectivity index (χ3n) is 3.61. The van der Waals surface area contributed by atoms with E-state index in [0.717, 1.165) is 12.1 Å². The number of benzene rings is 2. The van der Waals surface area contributed by atoms with Crippen molar-refractivity contribution in [1.82, 2.24) is 4.98 Å². The lowest BCUT2D eigenvalue weighted by atomic mass is 10.2. The number of aromatic nitrogens is 1. The second-order valence-corrected chi connectivity index (χ2v) is 5.89. The third-order valence-corrected chi connectivity index (χ3v) is 3.91. The number of pyridine rings is 1. The summed E-state index contributed by atoms with van der Waals surface area (Å²) in [5.74, 6) is -1.87. The van der Waals surface area contributed by atoms with Crippen LogP contribution in [-0.4, -0.2) is 18.0 Å². The van der Waals surface area contributed by atoms with Crippen LogP contribution in [0.3, 0.4) is 0 Å². The van der Waals surface area contributed by atoms with Gasteiger partial charge in [-0.15, -0.1) is 0 Å². The molecule has 1 aromatic heterocycles. The number of nitrogens with zero attached hydrogens (tertiary/aromatic N) is 1. The summed E-state index contributed by atoms with van der Waals surface area (Å²) >= 11 is 6.04. The van der Waals surface area contributed by atoms with Crippen molar-refractivity contribution < 1.29 is 18.3 Å². The van der Waals surface area contributed by atoms with E-state index in [1.54, 1.807) is 24.3 Å². The Morgan fingerprint density at radius 1 is 1.00 bits per heavy atom. The molecule has 0 aliphatic carbocycles. The Balaban J connectivity index is 1.75. The van der Waals surface area contributed by atoms with Crippen LogP contribution in [0.15, 0.2) is 54.7 Å². The van der Waals surface area contributed by atoms with Crippen LogP contribution in [0.4, 0.5) is 25.8 Å². The number of hydrogen-bond donors (Lipinski definition) is 2. The van der Waals surface area contributed by atoms with Crippen molar-refractivity contribution in [3.8, 4) is 5.75 Å². The molecule has 0 saturated heterocycles. The van der Waals surface area contributed by atoms with Gasteiger partial charge in [0.05, 0.1) is 12.1 Å². The zero-order valence-electron chi connectivity index (χ0n) is 14.1. The molecule has 0 saturated carbocycles. The van der Waals surface area contributed by atoms with Crippen LogP contribution in [0.25, 0.3) is 0 Å². The van der Waals surface area contributed by atoms with Crippen molar-refractivity contribution in [3.05, 3.63) is 77.1 Å². The van der Waals surface area contributed by atoms with Gasteiger partial charge in [0.15, 0.2) is 11.6 Å².